The molecule has 0 saturated heterocycles. The Labute approximate surface area is 225 Å². The molecular formula is C32H34N4S. The number of para-hydroxylation sites is 1. The first-order chi connectivity index (χ1) is 18.3. The highest BCUT2D eigenvalue weighted by atomic mass is 32.2. The fourth-order valence-electron chi connectivity index (χ4n) is 4.98. The van der Waals surface area contributed by atoms with Gasteiger partial charge >= 0.3 is 0 Å². The number of likely N-dealkylation sites (N-methyl/N-ethyl adjacent to an activating group) is 1. The highest BCUT2D eigenvalue weighted by Crippen LogP contribution is 2.47. The predicted molar refractivity (Wildman–Crippen MR) is 159 cm³/mol. The van der Waals surface area contributed by atoms with E-state index in [0.717, 1.165) is 17.8 Å². The minimum absolute atomic E-state index is 0.0270. The predicted octanol–water partition coefficient (Wildman–Crippen LogP) is 7.68. The molecule has 4 aliphatic rings. The highest BCUT2D eigenvalue weighted by molar-refractivity contribution is 8.03. The summed E-state index contributed by atoms with van der Waals surface area (Å²) in [6.07, 6.45) is 22.3. The lowest BCUT2D eigenvalue weighted by Crippen LogP contribution is -2.31. The third-order valence-electron chi connectivity index (χ3n) is 6.77. The van der Waals surface area contributed by atoms with Gasteiger partial charge in [0.15, 0.2) is 0 Å². The molecule has 3 atom stereocenters. The van der Waals surface area contributed by atoms with Crippen molar-refractivity contribution < 1.29 is 0 Å². The summed E-state index contributed by atoms with van der Waals surface area (Å²) in [5.41, 5.74) is 5.91. The fourth-order valence-corrected chi connectivity index (χ4v) is 6.21. The number of anilines is 1. The van der Waals surface area contributed by atoms with Gasteiger partial charge in [0.25, 0.3) is 0 Å². The summed E-state index contributed by atoms with van der Waals surface area (Å²) in [7, 11) is 2.14. The van der Waals surface area contributed by atoms with Gasteiger partial charge in [-0.25, -0.2) is 0 Å². The molecule has 2 N–H and O–H groups in total. The third-order valence-corrected chi connectivity index (χ3v) is 7.93. The standard InChI is InChI=1S/C30H28N4S.C2H6/c1-34-18-10-8-15-27(34)30-26(20-32-25-19-29(30)35-28-16-7-5-12-22(25)28)33-24-14-6-4-11-21(24)23-13-3-2-9-17-31-23;1-2/h2-12,14-20,23,25,27,31,33H,13H2,1H3;1-2H3. The van der Waals surface area contributed by atoms with Crippen molar-refractivity contribution in [3.8, 4) is 0 Å². The monoisotopic (exact) mass is 506 g/mol. The van der Waals surface area contributed by atoms with Gasteiger partial charge in [-0.2, -0.15) is 0 Å². The Bertz CT molecular complexity index is 1330. The minimum Gasteiger partial charge on any atom is -0.384 e. The van der Waals surface area contributed by atoms with Gasteiger partial charge in [0, 0.05) is 34.3 Å². The van der Waals surface area contributed by atoms with Gasteiger partial charge in [-0.3, -0.25) is 4.99 Å². The van der Waals surface area contributed by atoms with Crippen LogP contribution in [0.2, 0.25) is 0 Å². The number of allylic oxidation sites excluding steroid dienone is 5. The van der Waals surface area contributed by atoms with Crippen LogP contribution in [0.25, 0.3) is 0 Å². The van der Waals surface area contributed by atoms with Crippen molar-refractivity contribution >= 4 is 23.7 Å². The maximum absolute atomic E-state index is 5.06. The molecule has 0 spiro atoms. The van der Waals surface area contributed by atoms with E-state index in [9.17, 15) is 0 Å². The molecule has 0 radical (unpaired) electrons. The molecule has 6 rings (SSSR count). The van der Waals surface area contributed by atoms with Gasteiger partial charge in [0.1, 0.15) is 0 Å². The zero-order valence-corrected chi connectivity index (χ0v) is 22.5. The Balaban J connectivity index is 0.00000137. The summed E-state index contributed by atoms with van der Waals surface area (Å²) >= 11 is 1.85. The number of aliphatic imine (C=N–C) groups is 1. The topological polar surface area (TPSA) is 39.7 Å². The van der Waals surface area contributed by atoms with Gasteiger partial charge in [-0.05, 0) is 60.3 Å². The number of thioether (sulfide) groups is 1. The second-order valence-corrected chi connectivity index (χ2v) is 10.1. The summed E-state index contributed by atoms with van der Waals surface area (Å²) in [6.45, 7) is 4.00. The number of hydrogen-bond donors (Lipinski definition) is 2. The van der Waals surface area contributed by atoms with Crippen molar-refractivity contribution in [3.63, 3.8) is 0 Å². The lowest BCUT2D eigenvalue weighted by molar-refractivity contribution is 0.422. The van der Waals surface area contributed by atoms with Crippen molar-refractivity contribution in [1.82, 2.24) is 10.2 Å². The quantitative estimate of drug-likeness (QED) is 0.446. The number of rotatable bonds is 4. The van der Waals surface area contributed by atoms with Crippen LogP contribution in [-0.4, -0.2) is 24.2 Å². The van der Waals surface area contributed by atoms with Crippen molar-refractivity contribution in [2.45, 2.75) is 43.3 Å². The second kappa shape index (κ2) is 11.6. The maximum Gasteiger partial charge on any atom is 0.0956 e. The van der Waals surface area contributed by atoms with Crippen molar-refractivity contribution in [1.29, 1.82) is 0 Å². The summed E-state index contributed by atoms with van der Waals surface area (Å²) in [5.74, 6) is 0. The molecule has 0 fully saturated rings. The molecule has 2 aromatic carbocycles. The molecule has 37 heavy (non-hydrogen) atoms. The molecule has 4 nitrogen and oxygen atoms in total. The molecule has 4 heterocycles. The molecule has 0 amide bonds. The molecule has 2 aromatic rings. The number of nitrogens with zero attached hydrogens (tertiary/aromatic N) is 2. The van der Waals surface area contributed by atoms with Gasteiger partial charge in [0.2, 0.25) is 0 Å². The van der Waals surface area contributed by atoms with E-state index in [2.05, 4.69) is 120 Å². The van der Waals surface area contributed by atoms with Crippen LogP contribution in [0.5, 0.6) is 0 Å². The normalized spacial score (nSPS) is 23.3. The van der Waals surface area contributed by atoms with Crippen molar-refractivity contribution in [2.75, 3.05) is 12.4 Å². The molecular weight excluding hydrogens is 472 g/mol. The molecule has 188 valence electrons. The van der Waals surface area contributed by atoms with E-state index in [1.54, 1.807) is 0 Å². The Morgan fingerprint density at radius 1 is 0.973 bits per heavy atom. The number of hydrogen-bond acceptors (Lipinski definition) is 5. The number of benzene rings is 2. The maximum atomic E-state index is 5.06. The van der Waals surface area contributed by atoms with Crippen LogP contribution < -0.4 is 10.6 Å². The zero-order chi connectivity index (χ0) is 25.6. The first-order valence-electron chi connectivity index (χ1n) is 13.0. The van der Waals surface area contributed by atoms with Crippen LogP contribution in [0.4, 0.5) is 5.69 Å². The van der Waals surface area contributed by atoms with Crippen molar-refractivity contribution in [2.24, 2.45) is 4.99 Å². The molecule has 0 aromatic heterocycles. The van der Waals surface area contributed by atoms with Crippen LogP contribution in [0, 0.1) is 0 Å². The fraction of sp³-hybridized carbons (Fsp3) is 0.219. The summed E-state index contributed by atoms with van der Waals surface area (Å²) in [5, 5.41) is 7.36. The van der Waals surface area contributed by atoms with Gasteiger partial charge in [-0.1, -0.05) is 86.3 Å². The Hall–Kier alpha value is -3.70. The molecule has 2 bridgehead atoms. The number of nitrogens with one attached hydrogen (secondary N) is 2. The molecule has 5 heteroatoms. The first-order valence-corrected chi connectivity index (χ1v) is 13.9. The summed E-state index contributed by atoms with van der Waals surface area (Å²) in [4.78, 5) is 9.87. The van der Waals surface area contributed by atoms with Gasteiger partial charge < -0.3 is 15.5 Å². The summed E-state index contributed by atoms with van der Waals surface area (Å²) < 4.78 is 0. The molecule has 0 saturated carbocycles. The van der Waals surface area contributed by atoms with E-state index in [1.165, 1.54) is 26.5 Å². The van der Waals surface area contributed by atoms with Crippen molar-refractivity contribution in [3.05, 3.63) is 131 Å². The van der Waals surface area contributed by atoms with Gasteiger partial charge in [0.05, 0.1) is 23.8 Å². The zero-order valence-electron chi connectivity index (χ0n) is 21.6. The number of fused-ring (bicyclic) bond motifs is 3. The van der Waals surface area contributed by atoms with Crippen LogP contribution in [-0.2, 0) is 0 Å². The minimum atomic E-state index is 0.0270. The molecule has 0 aliphatic carbocycles. The summed E-state index contributed by atoms with van der Waals surface area (Å²) in [6, 6.07) is 17.6. The largest absolute Gasteiger partial charge is 0.384 e. The SMILES string of the molecule is CC.CN1C=CC=CC1C1=C(Nc2ccccc2C2CC=CC=CN2)C=NC2C=C1Sc1ccccc12. The second-order valence-electron chi connectivity index (χ2n) is 9.01. The lowest BCUT2D eigenvalue weighted by Gasteiger charge is -2.32. The highest BCUT2D eigenvalue weighted by Gasteiger charge is 2.31. The Kier molecular flexibility index (Phi) is 7.81. The van der Waals surface area contributed by atoms with E-state index in [1.807, 2.05) is 38.0 Å². The van der Waals surface area contributed by atoms with E-state index in [4.69, 9.17) is 4.99 Å². The van der Waals surface area contributed by atoms with E-state index < -0.39 is 0 Å². The third kappa shape index (κ3) is 5.23. The molecule has 4 aliphatic heterocycles. The Morgan fingerprint density at radius 3 is 2.65 bits per heavy atom. The van der Waals surface area contributed by atoms with Crippen LogP contribution >= 0.6 is 11.8 Å². The van der Waals surface area contributed by atoms with Crippen LogP contribution in [0.15, 0.2) is 130 Å². The molecule has 3 unspecified atom stereocenters. The smallest absolute Gasteiger partial charge is 0.0956 e. The van der Waals surface area contributed by atoms with E-state index in [-0.39, 0.29) is 18.1 Å². The Morgan fingerprint density at radius 2 is 1.78 bits per heavy atom. The van der Waals surface area contributed by atoms with Gasteiger partial charge in [-0.15, -0.1) is 0 Å². The lowest BCUT2D eigenvalue weighted by atomic mass is 9.98. The van der Waals surface area contributed by atoms with Crippen LogP contribution in [0.1, 0.15) is 43.5 Å². The van der Waals surface area contributed by atoms with E-state index >= 15 is 0 Å². The average molecular weight is 507 g/mol. The van der Waals surface area contributed by atoms with E-state index in [0.29, 0.717) is 0 Å². The van der Waals surface area contributed by atoms with Crippen LogP contribution in [0.3, 0.4) is 0 Å². The first kappa shape index (κ1) is 25.0. The average Bonchev–Trinajstić information content (AvgIpc) is 3.30.